The fraction of sp³-hybridized carbons (Fsp3) is 0.333. The van der Waals surface area contributed by atoms with Gasteiger partial charge in [-0.25, -0.2) is 0 Å². The Kier molecular flexibility index (Phi) is 4.53. The van der Waals surface area contributed by atoms with Crippen molar-refractivity contribution in [2.24, 2.45) is 0 Å². The fourth-order valence-corrected chi connectivity index (χ4v) is 2.34. The molecule has 112 valence electrons. The molecule has 21 heavy (non-hydrogen) atoms. The number of benzene rings is 1. The first-order valence-corrected chi connectivity index (χ1v) is 7.13. The average molecular weight is 308 g/mol. The smallest absolute Gasteiger partial charge is 0.249 e. The first kappa shape index (κ1) is 15.4. The van der Waals surface area contributed by atoms with Crippen molar-refractivity contribution in [1.82, 2.24) is 9.78 Å². The van der Waals surface area contributed by atoms with E-state index >= 15 is 0 Å². The number of halogens is 1. The summed E-state index contributed by atoms with van der Waals surface area (Å²) >= 11 is 6.13. The number of para-hydroxylation sites is 2. The maximum absolute atomic E-state index is 12.4. The van der Waals surface area contributed by atoms with Crippen LogP contribution in [-0.4, -0.2) is 20.8 Å². The van der Waals surface area contributed by atoms with E-state index in [2.05, 4.69) is 10.4 Å². The van der Waals surface area contributed by atoms with Gasteiger partial charge in [-0.1, -0.05) is 30.7 Å². The van der Waals surface area contributed by atoms with Crippen LogP contribution in [0.2, 0.25) is 5.02 Å². The monoisotopic (exact) mass is 307 g/mol. The zero-order valence-corrected chi connectivity index (χ0v) is 13.0. The van der Waals surface area contributed by atoms with Crippen LogP contribution in [0.25, 0.3) is 0 Å². The molecular weight excluding hydrogens is 290 g/mol. The molecule has 6 heteroatoms. The molecule has 1 amide bonds. The zero-order chi connectivity index (χ0) is 15.6. The van der Waals surface area contributed by atoms with Crippen molar-refractivity contribution in [3.63, 3.8) is 0 Å². The van der Waals surface area contributed by atoms with Crippen molar-refractivity contribution in [2.75, 3.05) is 5.32 Å². The summed E-state index contributed by atoms with van der Waals surface area (Å²) in [5.74, 6) is -0.201. The van der Waals surface area contributed by atoms with Gasteiger partial charge < -0.3 is 10.4 Å². The lowest BCUT2D eigenvalue weighted by atomic mass is 10.2. The van der Waals surface area contributed by atoms with E-state index in [1.807, 2.05) is 13.8 Å². The number of hydrogen-bond donors (Lipinski definition) is 2. The van der Waals surface area contributed by atoms with E-state index in [9.17, 15) is 9.90 Å². The SMILES string of the molecule is CCC(C(=O)Nc1ccccc1O)n1nc(C)c(Cl)c1C. The Morgan fingerprint density at radius 3 is 2.62 bits per heavy atom. The molecule has 0 aliphatic heterocycles. The second-order valence-electron chi connectivity index (χ2n) is 4.86. The Hall–Kier alpha value is -2.01. The minimum absolute atomic E-state index is 0.0344. The molecule has 2 N–H and O–H groups in total. The zero-order valence-electron chi connectivity index (χ0n) is 12.2. The van der Waals surface area contributed by atoms with Gasteiger partial charge in [0.05, 0.1) is 22.1 Å². The van der Waals surface area contributed by atoms with Crippen molar-refractivity contribution in [3.05, 3.63) is 40.7 Å². The maximum atomic E-state index is 12.4. The molecular formula is C15H18ClN3O2. The molecule has 1 heterocycles. The lowest BCUT2D eigenvalue weighted by Gasteiger charge is -2.17. The van der Waals surface area contributed by atoms with Crippen LogP contribution in [0.3, 0.4) is 0 Å². The van der Waals surface area contributed by atoms with Crippen LogP contribution in [0.15, 0.2) is 24.3 Å². The van der Waals surface area contributed by atoms with Gasteiger partial charge in [0, 0.05) is 0 Å². The number of rotatable bonds is 4. The second-order valence-corrected chi connectivity index (χ2v) is 5.24. The van der Waals surface area contributed by atoms with Gasteiger partial charge in [0.2, 0.25) is 5.91 Å². The fourth-order valence-electron chi connectivity index (χ4n) is 2.21. The molecule has 1 aromatic carbocycles. The third-order valence-corrected chi connectivity index (χ3v) is 3.93. The summed E-state index contributed by atoms with van der Waals surface area (Å²) in [5, 5.41) is 17.4. The van der Waals surface area contributed by atoms with Crippen molar-refractivity contribution in [3.8, 4) is 5.75 Å². The van der Waals surface area contributed by atoms with Gasteiger partial charge in [0.1, 0.15) is 11.8 Å². The van der Waals surface area contributed by atoms with Crippen LogP contribution < -0.4 is 5.32 Å². The minimum atomic E-state index is -0.476. The van der Waals surface area contributed by atoms with Gasteiger partial charge in [0.15, 0.2) is 0 Å². The van der Waals surface area contributed by atoms with Gasteiger partial charge in [-0.2, -0.15) is 5.10 Å². The molecule has 0 aliphatic carbocycles. The van der Waals surface area contributed by atoms with Gasteiger partial charge in [-0.15, -0.1) is 0 Å². The molecule has 5 nitrogen and oxygen atoms in total. The van der Waals surface area contributed by atoms with Crippen molar-refractivity contribution < 1.29 is 9.90 Å². The third-order valence-electron chi connectivity index (χ3n) is 3.38. The first-order valence-electron chi connectivity index (χ1n) is 6.75. The van der Waals surface area contributed by atoms with Crippen LogP contribution in [0.1, 0.15) is 30.8 Å². The largest absolute Gasteiger partial charge is 0.506 e. The van der Waals surface area contributed by atoms with Crippen LogP contribution in [0, 0.1) is 13.8 Å². The summed E-state index contributed by atoms with van der Waals surface area (Å²) in [6.07, 6.45) is 0.567. The van der Waals surface area contributed by atoms with Crippen LogP contribution >= 0.6 is 11.6 Å². The number of nitrogens with one attached hydrogen (secondary N) is 1. The lowest BCUT2D eigenvalue weighted by molar-refractivity contribution is -0.119. The molecule has 0 bridgehead atoms. The van der Waals surface area contributed by atoms with E-state index in [1.165, 1.54) is 6.07 Å². The van der Waals surface area contributed by atoms with Crippen LogP contribution in [-0.2, 0) is 4.79 Å². The molecule has 2 rings (SSSR count). The molecule has 0 radical (unpaired) electrons. The highest BCUT2D eigenvalue weighted by Crippen LogP contribution is 2.26. The molecule has 0 aliphatic rings. The number of hydrogen-bond acceptors (Lipinski definition) is 3. The number of aryl methyl sites for hydroxylation is 1. The van der Waals surface area contributed by atoms with E-state index in [0.717, 1.165) is 5.69 Å². The van der Waals surface area contributed by atoms with E-state index < -0.39 is 6.04 Å². The summed E-state index contributed by atoms with van der Waals surface area (Å²) in [5.41, 5.74) is 1.84. The molecule has 0 saturated carbocycles. The van der Waals surface area contributed by atoms with E-state index in [4.69, 9.17) is 11.6 Å². The van der Waals surface area contributed by atoms with Gasteiger partial charge in [-0.05, 0) is 32.4 Å². The number of phenols is 1. The van der Waals surface area contributed by atoms with Gasteiger partial charge >= 0.3 is 0 Å². The Labute approximate surface area is 128 Å². The number of amides is 1. The minimum Gasteiger partial charge on any atom is -0.506 e. The van der Waals surface area contributed by atoms with E-state index in [-0.39, 0.29) is 11.7 Å². The topological polar surface area (TPSA) is 67.2 Å². The highest BCUT2D eigenvalue weighted by atomic mass is 35.5. The number of aromatic nitrogens is 2. The van der Waals surface area contributed by atoms with Crippen molar-refractivity contribution >= 4 is 23.2 Å². The van der Waals surface area contributed by atoms with E-state index in [1.54, 1.807) is 29.8 Å². The molecule has 1 aromatic heterocycles. The maximum Gasteiger partial charge on any atom is 0.249 e. The number of aromatic hydroxyl groups is 1. The van der Waals surface area contributed by atoms with E-state index in [0.29, 0.717) is 22.8 Å². The quantitative estimate of drug-likeness (QED) is 0.850. The Balaban J connectivity index is 2.27. The predicted octanol–water partition coefficient (Wildman–Crippen LogP) is 3.45. The van der Waals surface area contributed by atoms with Gasteiger partial charge in [-0.3, -0.25) is 9.48 Å². The molecule has 0 fully saturated rings. The van der Waals surface area contributed by atoms with Crippen molar-refractivity contribution in [2.45, 2.75) is 33.2 Å². The number of nitrogens with zero attached hydrogens (tertiary/aromatic N) is 2. The summed E-state index contributed by atoms with van der Waals surface area (Å²) in [6, 6.07) is 6.14. The molecule has 1 atom stereocenters. The number of carbonyl (C=O) groups is 1. The summed E-state index contributed by atoms with van der Waals surface area (Å²) < 4.78 is 1.63. The number of anilines is 1. The Morgan fingerprint density at radius 1 is 1.43 bits per heavy atom. The summed E-state index contributed by atoms with van der Waals surface area (Å²) in [4.78, 5) is 12.4. The normalized spacial score (nSPS) is 12.2. The Morgan fingerprint density at radius 2 is 2.10 bits per heavy atom. The molecule has 1 unspecified atom stereocenters. The molecule has 0 spiro atoms. The average Bonchev–Trinajstić information content (AvgIpc) is 2.70. The highest BCUT2D eigenvalue weighted by molar-refractivity contribution is 6.31. The summed E-state index contributed by atoms with van der Waals surface area (Å²) in [6.45, 7) is 5.54. The van der Waals surface area contributed by atoms with Gasteiger partial charge in [0.25, 0.3) is 0 Å². The number of carbonyl (C=O) groups excluding carboxylic acids is 1. The first-order chi connectivity index (χ1) is 9.95. The third kappa shape index (κ3) is 3.03. The summed E-state index contributed by atoms with van der Waals surface area (Å²) in [7, 11) is 0. The molecule has 0 saturated heterocycles. The molecule has 2 aromatic rings. The number of phenolic OH excluding ortho intramolecular Hbond substituents is 1. The van der Waals surface area contributed by atoms with Crippen LogP contribution in [0.4, 0.5) is 5.69 Å². The lowest BCUT2D eigenvalue weighted by Crippen LogP contribution is -2.27. The van der Waals surface area contributed by atoms with Crippen molar-refractivity contribution in [1.29, 1.82) is 0 Å². The standard InChI is InChI=1S/C15H18ClN3O2/c1-4-12(19-10(3)14(16)9(2)18-19)15(21)17-11-7-5-6-8-13(11)20/h5-8,12,20H,4H2,1-3H3,(H,17,21). The van der Waals surface area contributed by atoms with Crippen LogP contribution in [0.5, 0.6) is 5.75 Å². The Bertz CT molecular complexity index is 667. The predicted molar refractivity (Wildman–Crippen MR) is 82.8 cm³/mol. The highest BCUT2D eigenvalue weighted by Gasteiger charge is 2.23. The second kappa shape index (κ2) is 6.18.